The van der Waals surface area contributed by atoms with E-state index in [0.717, 1.165) is 0 Å². The van der Waals surface area contributed by atoms with Crippen molar-refractivity contribution in [3.63, 3.8) is 0 Å². The Kier molecular flexibility index (Phi) is 4.31. The maximum atomic E-state index is 13.0. The average molecular weight is 326 g/mol. The van der Waals surface area contributed by atoms with Gasteiger partial charge in [-0.15, -0.1) is 0 Å². The van der Waals surface area contributed by atoms with Crippen LogP contribution in [0.25, 0.3) is 0 Å². The molecule has 0 bridgehead atoms. The summed E-state index contributed by atoms with van der Waals surface area (Å²) in [6.45, 7) is 0.299. The minimum Gasteiger partial charge on any atom is -0.479 e. The molecule has 124 valence electrons. The number of carbonyl (C=O) groups excluding carboxylic acids is 1. The van der Waals surface area contributed by atoms with Crippen molar-refractivity contribution in [1.29, 1.82) is 0 Å². The van der Waals surface area contributed by atoms with E-state index in [4.69, 9.17) is 4.74 Å². The quantitative estimate of drug-likeness (QED) is 0.928. The van der Waals surface area contributed by atoms with Gasteiger partial charge in [0.15, 0.2) is 5.54 Å². The Morgan fingerprint density at radius 3 is 2.58 bits per heavy atom. The third-order valence-corrected chi connectivity index (χ3v) is 4.48. The fourth-order valence-electron chi connectivity index (χ4n) is 3.41. The molecule has 3 rings (SSSR count). The Balaban J connectivity index is 2.14. The number of hydrogen-bond acceptors (Lipinski definition) is 4. The molecule has 0 spiro atoms. The number of ether oxygens (including phenoxy) is 1. The first-order valence-electron chi connectivity index (χ1n) is 7.66. The lowest BCUT2D eigenvalue weighted by Crippen LogP contribution is -2.56. The molecule has 1 aliphatic heterocycles. The Morgan fingerprint density at radius 1 is 1.25 bits per heavy atom. The van der Waals surface area contributed by atoms with Gasteiger partial charge in [-0.05, 0) is 24.1 Å². The molecule has 1 aromatic carbocycles. The zero-order chi connectivity index (χ0) is 17.2. The minimum atomic E-state index is -1.55. The number of benzene rings is 1. The van der Waals surface area contributed by atoms with Gasteiger partial charge in [0.1, 0.15) is 0 Å². The standard InChI is InChI=1S/C18H18N2O4/c1-24-15-9-11-20(16(21)13-6-5-10-19-12-13)18(15,17(22)23)14-7-3-2-4-8-14/h2-8,10,12,15H,9,11H2,1H3,(H,22,23). The molecule has 0 radical (unpaired) electrons. The molecule has 6 nitrogen and oxygen atoms in total. The topological polar surface area (TPSA) is 79.7 Å². The van der Waals surface area contributed by atoms with Crippen molar-refractivity contribution in [3.8, 4) is 0 Å². The number of aliphatic carboxylic acids is 1. The molecule has 2 atom stereocenters. The van der Waals surface area contributed by atoms with Crippen LogP contribution in [0.5, 0.6) is 0 Å². The van der Waals surface area contributed by atoms with Gasteiger partial charge in [0.2, 0.25) is 0 Å². The maximum Gasteiger partial charge on any atom is 0.337 e. The molecule has 6 heteroatoms. The van der Waals surface area contributed by atoms with Crippen LogP contribution in [0, 0.1) is 0 Å². The number of carboxylic acids is 1. The molecular weight excluding hydrogens is 308 g/mol. The molecule has 1 amide bonds. The van der Waals surface area contributed by atoms with E-state index in [1.807, 2.05) is 6.07 Å². The van der Waals surface area contributed by atoms with Crippen molar-refractivity contribution >= 4 is 11.9 Å². The number of methoxy groups -OCH3 is 1. The molecule has 0 saturated carbocycles. The van der Waals surface area contributed by atoms with Crippen molar-refractivity contribution in [3.05, 3.63) is 66.0 Å². The summed E-state index contributed by atoms with van der Waals surface area (Å²) in [6.07, 6.45) is 2.84. The van der Waals surface area contributed by atoms with Crippen LogP contribution in [0.4, 0.5) is 0 Å². The summed E-state index contributed by atoms with van der Waals surface area (Å²) in [5, 5.41) is 10.1. The smallest absolute Gasteiger partial charge is 0.337 e. The van der Waals surface area contributed by atoms with E-state index in [-0.39, 0.29) is 5.91 Å². The van der Waals surface area contributed by atoms with Crippen LogP contribution in [0.3, 0.4) is 0 Å². The van der Waals surface area contributed by atoms with Crippen molar-refractivity contribution < 1.29 is 19.4 Å². The van der Waals surface area contributed by atoms with Gasteiger partial charge in [-0.2, -0.15) is 0 Å². The maximum absolute atomic E-state index is 13.0. The molecule has 1 saturated heterocycles. The number of aromatic nitrogens is 1. The molecule has 2 heterocycles. The molecule has 0 aliphatic carbocycles. The highest BCUT2D eigenvalue weighted by molar-refractivity contribution is 5.98. The number of likely N-dealkylation sites (tertiary alicyclic amines) is 1. The van der Waals surface area contributed by atoms with Crippen molar-refractivity contribution in [2.75, 3.05) is 13.7 Å². The number of nitrogens with zero attached hydrogens (tertiary/aromatic N) is 2. The highest BCUT2D eigenvalue weighted by atomic mass is 16.5. The van der Waals surface area contributed by atoms with Gasteiger partial charge in [0.05, 0.1) is 11.7 Å². The molecule has 24 heavy (non-hydrogen) atoms. The second-order valence-corrected chi connectivity index (χ2v) is 5.65. The monoisotopic (exact) mass is 326 g/mol. The third-order valence-electron chi connectivity index (χ3n) is 4.48. The lowest BCUT2D eigenvalue weighted by atomic mass is 9.84. The third kappa shape index (κ3) is 2.35. The number of hydrogen-bond donors (Lipinski definition) is 1. The number of amides is 1. The predicted molar refractivity (Wildman–Crippen MR) is 86.4 cm³/mol. The first kappa shape index (κ1) is 16.1. The molecule has 1 aliphatic rings. The van der Waals surface area contributed by atoms with Crippen molar-refractivity contribution in [1.82, 2.24) is 9.88 Å². The molecule has 1 N–H and O–H groups in total. The molecule has 2 aromatic rings. The SMILES string of the molecule is COC1CCN(C(=O)c2cccnc2)C1(C(=O)O)c1ccccc1. The minimum absolute atomic E-state index is 0.299. The fraction of sp³-hybridized carbons (Fsp3) is 0.278. The van der Waals surface area contributed by atoms with E-state index in [1.54, 1.807) is 42.6 Å². The van der Waals surface area contributed by atoms with E-state index in [9.17, 15) is 14.7 Å². The lowest BCUT2D eigenvalue weighted by Gasteiger charge is -2.38. The van der Waals surface area contributed by atoms with Gasteiger partial charge in [0, 0.05) is 26.0 Å². The predicted octanol–water partition coefficient (Wildman–Crippen LogP) is 1.92. The summed E-state index contributed by atoms with van der Waals surface area (Å²) in [6, 6.07) is 12.1. The highest BCUT2D eigenvalue weighted by Crippen LogP contribution is 2.41. The Labute approximate surface area is 139 Å². The van der Waals surface area contributed by atoms with Crippen LogP contribution < -0.4 is 0 Å². The van der Waals surface area contributed by atoms with Gasteiger partial charge in [-0.1, -0.05) is 30.3 Å². The van der Waals surface area contributed by atoms with Crippen LogP contribution in [0.1, 0.15) is 22.3 Å². The van der Waals surface area contributed by atoms with Crippen LogP contribution in [-0.4, -0.2) is 46.6 Å². The van der Waals surface area contributed by atoms with Gasteiger partial charge in [0.25, 0.3) is 5.91 Å². The summed E-state index contributed by atoms with van der Waals surface area (Å²) < 4.78 is 5.47. The normalized spacial score (nSPS) is 23.2. The van der Waals surface area contributed by atoms with Gasteiger partial charge >= 0.3 is 5.97 Å². The summed E-state index contributed by atoms with van der Waals surface area (Å²) in [5.74, 6) is -1.47. The van der Waals surface area contributed by atoms with Crippen molar-refractivity contribution in [2.24, 2.45) is 0 Å². The first-order valence-corrected chi connectivity index (χ1v) is 7.66. The van der Waals surface area contributed by atoms with Gasteiger partial charge < -0.3 is 14.7 Å². The summed E-state index contributed by atoms with van der Waals surface area (Å²) in [4.78, 5) is 30.7. The Hall–Kier alpha value is -2.73. The van der Waals surface area contributed by atoms with E-state index < -0.39 is 17.6 Å². The van der Waals surface area contributed by atoms with E-state index >= 15 is 0 Å². The van der Waals surface area contributed by atoms with Crippen LogP contribution in [-0.2, 0) is 15.1 Å². The summed E-state index contributed by atoms with van der Waals surface area (Å²) in [5.41, 5.74) is -0.668. The zero-order valence-electron chi connectivity index (χ0n) is 13.3. The number of carbonyl (C=O) groups is 2. The second kappa shape index (κ2) is 6.41. The first-order chi connectivity index (χ1) is 11.6. The number of pyridine rings is 1. The van der Waals surface area contributed by atoms with Crippen molar-refractivity contribution in [2.45, 2.75) is 18.1 Å². The van der Waals surface area contributed by atoms with E-state index in [1.165, 1.54) is 18.2 Å². The highest BCUT2D eigenvalue weighted by Gasteiger charge is 2.58. The van der Waals surface area contributed by atoms with E-state index in [2.05, 4.69) is 4.98 Å². The number of rotatable bonds is 4. The van der Waals surface area contributed by atoms with Crippen LogP contribution >= 0.6 is 0 Å². The van der Waals surface area contributed by atoms with Crippen LogP contribution in [0.15, 0.2) is 54.9 Å². The Bertz CT molecular complexity index is 735. The molecule has 2 unspecified atom stereocenters. The average Bonchev–Trinajstić information content (AvgIpc) is 3.03. The van der Waals surface area contributed by atoms with E-state index in [0.29, 0.717) is 24.1 Å². The Morgan fingerprint density at radius 2 is 2.00 bits per heavy atom. The summed E-state index contributed by atoms with van der Waals surface area (Å²) in [7, 11) is 1.48. The van der Waals surface area contributed by atoms with Gasteiger partial charge in [-0.25, -0.2) is 4.79 Å². The van der Waals surface area contributed by atoms with Gasteiger partial charge in [-0.3, -0.25) is 9.78 Å². The molecule has 1 aromatic heterocycles. The summed E-state index contributed by atoms with van der Waals surface area (Å²) >= 11 is 0. The molecule has 1 fully saturated rings. The number of carboxylic acid groups (broad SMARTS) is 1. The fourth-order valence-corrected chi connectivity index (χ4v) is 3.41. The van der Waals surface area contributed by atoms with Crippen LogP contribution in [0.2, 0.25) is 0 Å². The lowest BCUT2D eigenvalue weighted by molar-refractivity contribution is -0.155. The molecular formula is C18H18N2O4. The second-order valence-electron chi connectivity index (χ2n) is 5.65. The largest absolute Gasteiger partial charge is 0.479 e. The zero-order valence-corrected chi connectivity index (χ0v) is 13.3.